The summed E-state index contributed by atoms with van der Waals surface area (Å²) < 4.78 is 32.8. The third-order valence-electron chi connectivity index (χ3n) is 5.16. The van der Waals surface area contributed by atoms with E-state index in [4.69, 9.17) is 4.74 Å². The third kappa shape index (κ3) is 5.16. The van der Waals surface area contributed by atoms with Crippen molar-refractivity contribution in [1.29, 1.82) is 0 Å². The van der Waals surface area contributed by atoms with Gasteiger partial charge in [-0.15, -0.1) is 0 Å². The van der Waals surface area contributed by atoms with E-state index < -0.39 is 10.0 Å². The number of aryl methyl sites for hydroxylation is 1. The minimum absolute atomic E-state index is 0.138. The summed E-state index contributed by atoms with van der Waals surface area (Å²) in [6.07, 6.45) is 2.27. The average Bonchev–Trinajstić information content (AvgIpc) is 2.75. The summed E-state index contributed by atoms with van der Waals surface area (Å²) in [6, 6.07) is 14.2. The fraction of sp³-hybridized carbons (Fsp3) is 0.409. The van der Waals surface area contributed by atoms with E-state index >= 15 is 0 Å². The number of ether oxygens (including phenoxy) is 1. The first kappa shape index (κ1) is 21.3. The van der Waals surface area contributed by atoms with Crippen molar-refractivity contribution in [3.05, 3.63) is 54.1 Å². The van der Waals surface area contributed by atoms with Gasteiger partial charge in [-0.2, -0.15) is 4.31 Å². The molecule has 1 aliphatic heterocycles. The second kappa shape index (κ2) is 9.41. The largest absolute Gasteiger partial charge is 0.494 e. The number of anilines is 1. The molecule has 0 aromatic heterocycles. The molecule has 1 N–H and O–H groups in total. The molecule has 156 valence electrons. The number of rotatable bonds is 7. The first-order valence-electron chi connectivity index (χ1n) is 10.1. The number of benzene rings is 2. The zero-order valence-corrected chi connectivity index (χ0v) is 17.7. The summed E-state index contributed by atoms with van der Waals surface area (Å²) in [5.41, 5.74) is 1.94. The predicted octanol–water partition coefficient (Wildman–Crippen LogP) is 3.69. The van der Waals surface area contributed by atoms with Gasteiger partial charge in [-0.05, 0) is 68.1 Å². The number of carbonyl (C=O) groups excluding carboxylic acids is 1. The topological polar surface area (TPSA) is 75.7 Å². The van der Waals surface area contributed by atoms with Crippen LogP contribution in [0, 0.1) is 5.92 Å². The maximum Gasteiger partial charge on any atom is 0.243 e. The van der Waals surface area contributed by atoms with Crippen LogP contribution in [-0.2, 0) is 21.2 Å². The van der Waals surface area contributed by atoms with E-state index in [2.05, 4.69) is 12.2 Å². The second-order valence-corrected chi connectivity index (χ2v) is 9.08. The monoisotopic (exact) mass is 416 g/mol. The van der Waals surface area contributed by atoms with Gasteiger partial charge in [0.2, 0.25) is 15.9 Å². The maximum absolute atomic E-state index is 13.0. The van der Waals surface area contributed by atoms with E-state index in [1.54, 1.807) is 24.3 Å². The molecule has 6 nitrogen and oxygen atoms in total. The lowest BCUT2D eigenvalue weighted by molar-refractivity contribution is -0.120. The fourth-order valence-corrected chi connectivity index (χ4v) is 4.99. The molecule has 0 saturated carbocycles. The fourth-order valence-electron chi connectivity index (χ4n) is 3.47. The van der Waals surface area contributed by atoms with E-state index in [0.29, 0.717) is 31.7 Å². The van der Waals surface area contributed by atoms with Crippen molar-refractivity contribution >= 4 is 21.6 Å². The smallest absolute Gasteiger partial charge is 0.243 e. The minimum atomic E-state index is -3.64. The highest BCUT2D eigenvalue weighted by Crippen LogP contribution is 2.26. The number of hydrogen-bond acceptors (Lipinski definition) is 4. The van der Waals surface area contributed by atoms with Crippen LogP contribution in [0.2, 0.25) is 0 Å². The van der Waals surface area contributed by atoms with E-state index in [-0.39, 0.29) is 23.3 Å². The van der Waals surface area contributed by atoms with Crippen molar-refractivity contribution in [1.82, 2.24) is 4.31 Å². The Hall–Kier alpha value is -2.38. The molecule has 2 aromatic carbocycles. The maximum atomic E-state index is 13.0. The number of amides is 1. The van der Waals surface area contributed by atoms with Gasteiger partial charge in [-0.1, -0.05) is 19.1 Å². The van der Waals surface area contributed by atoms with Crippen molar-refractivity contribution < 1.29 is 17.9 Å². The summed E-state index contributed by atoms with van der Waals surface area (Å²) in [4.78, 5) is 12.9. The lowest BCUT2D eigenvalue weighted by atomic mass is 9.98. The Morgan fingerprint density at radius 3 is 2.41 bits per heavy atom. The molecule has 2 aromatic rings. The number of hydrogen-bond donors (Lipinski definition) is 1. The quantitative estimate of drug-likeness (QED) is 0.747. The molecule has 0 radical (unpaired) electrons. The van der Waals surface area contributed by atoms with E-state index in [0.717, 1.165) is 12.1 Å². The van der Waals surface area contributed by atoms with Gasteiger partial charge in [0, 0.05) is 18.8 Å². The minimum Gasteiger partial charge on any atom is -0.494 e. The zero-order valence-electron chi connectivity index (χ0n) is 16.9. The number of sulfonamides is 1. The van der Waals surface area contributed by atoms with Crippen LogP contribution in [0.5, 0.6) is 5.75 Å². The van der Waals surface area contributed by atoms with Gasteiger partial charge >= 0.3 is 0 Å². The van der Waals surface area contributed by atoms with Gasteiger partial charge in [0.05, 0.1) is 17.4 Å². The van der Waals surface area contributed by atoms with Crippen molar-refractivity contribution in [3.63, 3.8) is 0 Å². The van der Waals surface area contributed by atoms with Gasteiger partial charge < -0.3 is 10.1 Å². The van der Waals surface area contributed by atoms with E-state index in [9.17, 15) is 13.2 Å². The summed E-state index contributed by atoms with van der Waals surface area (Å²) in [7, 11) is -3.64. The highest BCUT2D eigenvalue weighted by Gasteiger charge is 2.33. The average molecular weight is 417 g/mol. The highest BCUT2D eigenvalue weighted by atomic mass is 32.2. The third-order valence-corrected chi connectivity index (χ3v) is 7.04. The molecule has 7 heteroatoms. The molecule has 0 bridgehead atoms. The standard InChI is InChI=1S/C22H28N2O4S/c1-3-17-7-9-19(10-8-17)23-22(25)18-6-5-15-24(16-18)29(26,27)21-13-11-20(12-14-21)28-4-2/h7-14,18H,3-6,15-16H2,1-2H3,(H,23,25)/t18-/m1/s1. The van der Waals surface area contributed by atoms with Crippen LogP contribution in [0.3, 0.4) is 0 Å². The predicted molar refractivity (Wildman–Crippen MR) is 114 cm³/mol. The Labute approximate surface area is 172 Å². The molecule has 1 aliphatic rings. The molecule has 0 aliphatic carbocycles. The van der Waals surface area contributed by atoms with Crippen LogP contribution in [-0.4, -0.2) is 38.3 Å². The number of nitrogens with one attached hydrogen (secondary N) is 1. The molecule has 3 rings (SSSR count). The Bertz CT molecular complexity index is 924. The highest BCUT2D eigenvalue weighted by molar-refractivity contribution is 7.89. The summed E-state index contributed by atoms with van der Waals surface area (Å²) in [6.45, 7) is 5.09. The number of nitrogens with zero attached hydrogens (tertiary/aromatic N) is 1. The molecular formula is C22H28N2O4S. The van der Waals surface area contributed by atoms with Crippen LogP contribution >= 0.6 is 0 Å². The Balaban J connectivity index is 1.67. The normalized spacial score (nSPS) is 17.7. The summed E-state index contributed by atoms with van der Waals surface area (Å²) in [5.74, 6) is 0.129. The Morgan fingerprint density at radius 1 is 1.10 bits per heavy atom. The molecular weight excluding hydrogens is 388 g/mol. The lowest BCUT2D eigenvalue weighted by Crippen LogP contribution is -2.43. The van der Waals surface area contributed by atoms with Crippen LogP contribution in [0.1, 0.15) is 32.3 Å². The van der Waals surface area contributed by atoms with Gasteiger partial charge in [-0.3, -0.25) is 4.79 Å². The first-order chi connectivity index (χ1) is 13.9. The molecule has 0 spiro atoms. The van der Waals surface area contributed by atoms with Crippen molar-refractivity contribution in [2.75, 3.05) is 25.0 Å². The second-order valence-electron chi connectivity index (χ2n) is 7.15. The Kier molecular flexibility index (Phi) is 6.92. The van der Waals surface area contributed by atoms with Crippen molar-refractivity contribution in [3.8, 4) is 5.75 Å². The van der Waals surface area contributed by atoms with Crippen molar-refractivity contribution in [2.24, 2.45) is 5.92 Å². The van der Waals surface area contributed by atoms with Crippen LogP contribution in [0.25, 0.3) is 0 Å². The lowest BCUT2D eigenvalue weighted by Gasteiger charge is -2.31. The number of carbonyl (C=O) groups is 1. The van der Waals surface area contributed by atoms with Crippen LogP contribution in [0.15, 0.2) is 53.4 Å². The SMILES string of the molecule is CCOc1ccc(S(=O)(=O)N2CCC[C@@H](C(=O)Nc3ccc(CC)cc3)C2)cc1. The number of piperidine rings is 1. The van der Waals surface area contributed by atoms with E-state index in [1.807, 2.05) is 31.2 Å². The van der Waals surface area contributed by atoms with Crippen LogP contribution in [0.4, 0.5) is 5.69 Å². The van der Waals surface area contributed by atoms with Crippen LogP contribution < -0.4 is 10.1 Å². The van der Waals surface area contributed by atoms with Crippen molar-refractivity contribution in [2.45, 2.75) is 38.0 Å². The molecule has 1 atom stereocenters. The van der Waals surface area contributed by atoms with Gasteiger partial charge in [0.25, 0.3) is 0 Å². The van der Waals surface area contributed by atoms with E-state index in [1.165, 1.54) is 9.87 Å². The molecule has 1 amide bonds. The van der Waals surface area contributed by atoms with Gasteiger partial charge in [0.15, 0.2) is 0 Å². The molecule has 1 fully saturated rings. The summed E-state index contributed by atoms with van der Waals surface area (Å²) in [5, 5.41) is 2.92. The Morgan fingerprint density at radius 2 is 1.79 bits per heavy atom. The van der Waals surface area contributed by atoms with Gasteiger partial charge in [0.1, 0.15) is 5.75 Å². The van der Waals surface area contributed by atoms with Gasteiger partial charge in [-0.25, -0.2) is 8.42 Å². The summed E-state index contributed by atoms with van der Waals surface area (Å²) >= 11 is 0. The molecule has 1 saturated heterocycles. The first-order valence-corrected chi connectivity index (χ1v) is 11.5. The molecule has 29 heavy (non-hydrogen) atoms. The molecule has 0 unspecified atom stereocenters. The zero-order chi connectivity index (χ0) is 20.9. The molecule has 1 heterocycles.